The molecule has 2 N–H and O–H groups in total. The maximum Gasteiger partial charge on any atom is 0.306 e. The molecule has 1 aromatic heterocycles. The second kappa shape index (κ2) is 7.44. The Bertz CT molecular complexity index is 1080. The first-order valence-electron chi connectivity index (χ1n) is 8.63. The molecule has 0 unspecified atom stereocenters. The number of nitrogens with two attached hydrogens (primary N) is 1. The zero-order valence-electron chi connectivity index (χ0n) is 15.2. The summed E-state index contributed by atoms with van der Waals surface area (Å²) in [5, 5.41) is 0.683. The van der Waals surface area contributed by atoms with E-state index in [0.29, 0.717) is 40.0 Å². The van der Waals surface area contributed by atoms with Crippen LogP contribution >= 0.6 is 0 Å². The van der Waals surface area contributed by atoms with Crippen molar-refractivity contribution < 1.29 is 21.8 Å². The minimum Gasteiger partial charge on any atom is -0.460 e. The van der Waals surface area contributed by atoms with Crippen molar-refractivity contribution in [3.63, 3.8) is 0 Å². The topological polar surface area (TPSA) is 99.6 Å². The Morgan fingerprint density at radius 2 is 1.85 bits per heavy atom. The van der Waals surface area contributed by atoms with Crippen LogP contribution in [0.3, 0.4) is 0 Å². The second-order valence-electron chi connectivity index (χ2n) is 6.40. The molecule has 0 aliphatic heterocycles. The quantitative estimate of drug-likeness (QED) is 0.375. The van der Waals surface area contributed by atoms with Crippen molar-refractivity contribution >= 4 is 32.6 Å². The van der Waals surface area contributed by atoms with Crippen molar-refractivity contribution in [3.8, 4) is 5.75 Å². The van der Waals surface area contributed by atoms with Crippen molar-refractivity contribution in [2.45, 2.75) is 26.2 Å². The Morgan fingerprint density at radius 1 is 1.15 bits per heavy atom. The third kappa shape index (κ3) is 4.31. The molecule has 7 heteroatoms. The fraction of sp³-hybridized carbons (Fsp3) is 0.250. The highest BCUT2D eigenvalue weighted by molar-refractivity contribution is 7.86. The van der Waals surface area contributed by atoms with Gasteiger partial charge in [0.05, 0.1) is 11.8 Å². The first-order chi connectivity index (χ1) is 12.8. The lowest BCUT2D eigenvalue weighted by Crippen LogP contribution is -2.07. The highest BCUT2D eigenvalue weighted by atomic mass is 32.2. The van der Waals surface area contributed by atoms with Gasteiger partial charge in [-0.25, -0.2) is 0 Å². The van der Waals surface area contributed by atoms with Gasteiger partial charge in [0.1, 0.15) is 17.1 Å². The van der Waals surface area contributed by atoms with Gasteiger partial charge in [0.15, 0.2) is 5.78 Å². The van der Waals surface area contributed by atoms with Gasteiger partial charge in [-0.05, 0) is 48.9 Å². The van der Waals surface area contributed by atoms with Gasteiger partial charge in [-0.3, -0.25) is 4.79 Å². The molecule has 0 atom stereocenters. The molecule has 0 fully saturated rings. The SMILES string of the molecule is CCCCc1oc2ccc(N)cc2c1C(=O)c1ccc(OS(C)(=O)=O)cc1. The highest BCUT2D eigenvalue weighted by Gasteiger charge is 2.22. The number of aryl methyl sites for hydroxylation is 1. The number of anilines is 1. The van der Waals surface area contributed by atoms with Crippen LogP contribution in [0.2, 0.25) is 0 Å². The van der Waals surface area contributed by atoms with E-state index in [4.69, 9.17) is 14.3 Å². The number of hydrogen-bond donors (Lipinski definition) is 1. The Hall–Kier alpha value is -2.80. The monoisotopic (exact) mass is 387 g/mol. The first-order valence-corrected chi connectivity index (χ1v) is 10.4. The van der Waals surface area contributed by atoms with Gasteiger partial charge >= 0.3 is 10.1 Å². The van der Waals surface area contributed by atoms with Crippen LogP contribution in [0, 0.1) is 0 Å². The molecule has 2 aromatic carbocycles. The van der Waals surface area contributed by atoms with Gasteiger partial charge < -0.3 is 14.3 Å². The van der Waals surface area contributed by atoms with Gasteiger partial charge in [0, 0.05) is 23.1 Å². The molecule has 0 amide bonds. The average Bonchev–Trinajstić information content (AvgIpc) is 2.96. The van der Waals surface area contributed by atoms with Crippen molar-refractivity contribution in [3.05, 3.63) is 59.4 Å². The molecule has 0 radical (unpaired) electrons. The molecule has 0 aliphatic carbocycles. The molecular formula is C20H21NO5S. The van der Waals surface area contributed by atoms with Crippen molar-refractivity contribution in [1.82, 2.24) is 0 Å². The molecule has 0 aliphatic rings. The third-order valence-electron chi connectivity index (χ3n) is 4.13. The van der Waals surface area contributed by atoms with E-state index < -0.39 is 10.1 Å². The summed E-state index contributed by atoms with van der Waals surface area (Å²) < 4.78 is 33.2. The van der Waals surface area contributed by atoms with Gasteiger partial charge in [-0.15, -0.1) is 0 Å². The van der Waals surface area contributed by atoms with Crippen molar-refractivity contribution in [2.75, 3.05) is 12.0 Å². The summed E-state index contributed by atoms with van der Waals surface area (Å²) in [7, 11) is -3.62. The van der Waals surface area contributed by atoms with E-state index >= 15 is 0 Å². The van der Waals surface area contributed by atoms with Gasteiger partial charge in [0.25, 0.3) is 0 Å². The lowest BCUT2D eigenvalue weighted by Gasteiger charge is -2.05. The number of unbranched alkanes of at least 4 members (excludes halogenated alkanes) is 1. The highest BCUT2D eigenvalue weighted by Crippen LogP contribution is 2.31. The Balaban J connectivity index is 2.02. The molecule has 0 spiro atoms. The van der Waals surface area contributed by atoms with Crippen LogP contribution in [0.25, 0.3) is 11.0 Å². The largest absolute Gasteiger partial charge is 0.460 e. The number of carbonyl (C=O) groups excluding carboxylic acids is 1. The summed E-state index contributed by atoms with van der Waals surface area (Å²) in [4.78, 5) is 13.2. The smallest absolute Gasteiger partial charge is 0.306 e. The standard InChI is InChI=1S/C20H21NO5S/c1-3-4-5-18-19(16-12-14(21)8-11-17(16)25-18)20(22)13-6-9-15(10-7-13)26-27(2,23)24/h6-12H,3-5,21H2,1-2H3. The minimum absolute atomic E-state index is 0.154. The molecule has 27 heavy (non-hydrogen) atoms. The normalized spacial score (nSPS) is 11.6. The van der Waals surface area contributed by atoms with Crippen LogP contribution in [0.1, 0.15) is 41.4 Å². The van der Waals surface area contributed by atoms with Crippen LogP contribution in [0.4, 0.5) is 5.69 Å². The van der Waals surface area contributed by atoms with Crippen LogP contribution in [-0.2, 0) is 16.5 Å². The number of nitrogen functional groups attached to an aromatic ring is 1. The van der Waals surface area contributed by atoms with E-state index in [1.54, 1.807) is 18.2 Å². The fourth-order valence-corrected chi connectivity index (χ4v) is 3.37. The zero-order valence-corrected chi connectivity index (χ0v) is 16.0. The number of fused-ring (bicyclic) bond motifs is 1. The van der Waals surface area contributed by atoms with E-state index in [9.17, 15) is 13.2 Å². The number of furan rings is 1. The van der Waals surface area contributed by atoms with Crippen LogP contribution in [0.5, 0.6) is 5.75 Å². The summed E-state index contributed by atoms with van der Waals surface area (Å²) in [5.74, 6) is 0.594. The second-order valence-corrected chi connectivity index (χ2v) is 7.98. The summed E-state index contributed by atoms with van der Waals surface area (Å²) in [6.45, 7) is 2.07. The van der Waals surface area contributed by atoms with Crippen LogP contribution in [0.15, 0.2) is 46.9 Å². The summed E-state index contributed by atoms with van der Waals surface area (Å²) in [5.41, 5.74) is 7.98. The predicted molar refractivity (Wildman–Crippen MR) is 105 cm³/mol. The van der Waals surface area contributed by atoms with E-state index in [1.165, 1.54) is 24.3 Å². The van der Waals surface area contributed by atoms with Crippen molar-refractivity contribution in [2.24, 2.45) is 0 Å². The van der Waals surface area contributed by atoms with E-state index in [-0.39, 0.29) is 11.5 Å². The molecule has 142 valence electrons. The average molecular weight is 387 g/mol. The summed E-state index contributed by atoms with van der Waals surface area (Å²) >= 11 is 0. The minimum atomic E-state index is -3.62. The molecule has 6 nitrogen and oxygen atoms in total. The molecule has 3 aromatic rings. The van der Waals surface area contributed by atoms with Crippen LogP contribution < -0.4 is 9.92 Å². The van der Waals surface area contributed by atoms with Gasteiger partial charge in [-0.2, -0.15) is 8.42 Å². The molecule has 1 heterocycles. The number of ketones is 1. The molecule has 3 rings (SSSR count). The number of benzene rings is 2. The third-order valence-corrected chi connectivity index (χ3v) is 4.63. The fourth-order valence-electron chi connectivity index (χ4n) is 2.91. The van der Waals surface area contributed by atoms with E-state index in [0.717, 1.165) is 19.1 Å². The summed E-state index contributed by atoms with van der Waals surface area (Å²) in [6, 6.07) is 11.2. The number of rotatable bonds is 7. The first kappa shape index (κ1) is 19.0. The molecular weight excluding hydrogens is 366 g/mol. The Labute approximate surface area is 158 Å². The maximum atomic E-state index is 13.2. The lowest BCUT2D eigenvalue weighted by atomic mass is 9.98. The Kier molecular flexibility index (Phi) is 5.23. The predicted octanol–water partition coefficient (Wildman–Crippen LogP) is 3.93. The van der Waals surface area contributed by atoms with Gasteiger partial charge in [-0.1, -0.05) is 13.3 Å². The van der Waals surface area contributed by atoms with Crippen LogP contribution in [-0.4, -0.2) is 20.5 Å². The van der Waals surface area contributed by atoms with E-state index in [2.05, 4.69) is 6.92 Å². The van der Waals surface area contributed by atoms with E-state index in [1.807, 2.05) is 0 Å². The molecule has 0 saturated heterocycles. The number of carbonyl (C=O) groups is 1. The zero-order chi connectivity index (χ0) is 19.6. The van der Waals surface area contributed by atoms with Gasteiger partial charge in [0.2, 0.25) is 0 Å². The van der Waals surface area contributed by atoms with Crippen molar-refractivity contribution in [1.29, 1.82) is 0 Å². The Morgan fingerprint density at radius 3 is 2.48 bits per heavy atom. The molecule has 0 saturated carbocycles. The molecule has 0 bridgehead atoms. The lowest BCUT2D eigenvalue weighted by molar-refractivity contribution is 0.103. The maximum absolute atomic E-state index is 13.2. The number of hydrogen-bond acceptors (Lipinski definition) is 6. The summed E-state index contributed by atoms with van der Waals surface area (Å²) in [6.07, 6.45) is 3.50.